The van der Waals surface area contributed by atoms with Crippen molar-refractivity contribution in [3.05, 3.63) is 29.3 Å². The van der Waals surface area contributed by atoms with E-state index in [1.807, 2.05) is 12.1 Å². The summed E-state index contributed by atoms with van der Waals surface area (Å²) in [6.45, 7) is 3.78. The lowest BCUT2D eigenvalue weighted by Crippen LogP contribution is -2.40. The molecule has 0 saturated carbocycles. The van der Waals surface area contributed by atoms with Crippen molar-refractivity contribution in [2.24, 2.45) is 0 Å². The fourth-order valence-electron chi connectivity index (χ4n) is 2.90. The first kappa shape index (κ1) is 15.8. The Hall–Kier alpha value is -1.55. The van der Waals surface area contributed by atoms with Gasteiger partial charge in [0.1, 0.15) is 11.9 Å². The Labute approximate surface area is 126 Å². The Bertz CT molecular complexity index is 508. The number of hydrogen-bond donors (Lipinski definition) is 1. The van der Waals surface area contributed by atoms with Gasteiger partial charge in [-0.1, -0.05) is 6.07 Å². The van der Waals surface area contributed by atoms with Crippen molar-refractivity contribution in [2.45, 2.75) is 57.7 Å². The zero-order chi connectivity index (χ0) is 15.5. The number of esters is 1. The van der Waals surface area contributed by atoms with E-state index < -0.39 is 5.60 Å². The molecule has 0 radical (unpaired) electrons. The summed E-state index contributed by atoms with van der Waals surface area (Å²) in [5, 5.41) is 10.0. The molecule has 2 atom stereocenters. The smallest absolute Gasteiger partial charge is 0.308 e. The van der Waals surface area contributed by atoms with Gasteiger partial charge in [0.2, 0.25) is 0 Å². The number of ether oxygens (including phenoxy) is 2. The molecule has 116 valence electrons. The number of rotatable bonds is 5. The van der Waals surface area contributed by atoms with Crippen LogP contribution in [0.15, 0.2) is 18.2 Å². The molecule has 1 N–H and O–H groups in total. The minimum absolute atomic E-state index is 0.0983. The van der Waals surface area contributed by atoms with E-state index in [2.05, 4.69) is 13.0 Å². The molecule has 1 aliphatic heterocycles. The number of cyclic esters (lactones) is 1. The fraction of sp³-hybridized carbons (Fsp3) is 0.588. The normalized spacial score (nSPS) is 25.5. The highest BCUT2D eigenvalue weighted by atomic mass is 16.5. The van der Waals surface area contributed by atoms with E-state index >= 15 is 0 Å². The average molecular weight is 292 g/mol. The van der Waals surface area contributed by atoms with Crippen LogP contribution in [-0.2, 0) is 16.0 Å². The summed E-state index contributed by atoms with van der Waals surface area (Å²) < 4.78 is 10.5. The van der Waals surface area contributed by atoms with Gasteiger partial charge in [0.05, 0.1) is 19.1 Å². The van der Waals surface area contributed by atoms with Crippen LogP contribution in [0.2, 0.25) is 0 Å². The zero-order valence-electron chi connectivity index (χ0n) is 13.0. The van der Waals surface area contributed by atoms with Gasteiger partial charge < -0.3 is 14.6 Å². The van der Waals surface area contributed by atoms with Crippen LogP contribution in [0, 0.1) is 6.92 Å². The van der Waals surface area contributed by atoms with E-state index in [1.165, 1.54) is 11.1 Å². The van der Waals surface area contributed by atoms with Crippen molar-refractivity contribution < 1.29 is 19.4 Å². The molecule has 1 fully saturated rings. The summed E-state index contributed by atoms with van der Waals surface area (Å²) in [4.78, 5) is 11.5. The van der Waals surface area contributed by atoms with Crippen LogP contribution in [0.5, 0.6) is 5.75 Å². The van der Waals surface area contributed by atoms with Gasteiger partial charge in [-0.3, -0.25) is 4.79 Å². The third-order valence-corrected chi connectivity index (χ3v) is 4.01. The molecule has 2 unspecified atom stereocenters. The van der Waals surface area contributed by atoms with Crippen LogP contribution in [-0.4, -0.2) is 29.9 Å². The average Bonchev–Trinajstić information content (AvgIpc) is 2.38. The number of carbonyl (C=O) groups is 1. The van der Waals surface area contributed by atoms with Gasteiger partial charge in [-0.2, -0.15) is 0 Å². The molecule has 0 amide bonds. The lowest BCUT2D eigenvalue weighted by molar-refractivity contribution is -0.168. The third kappa shape index (κ3) is 4.46. The van der Waals surface area contributed by atoms with E-state index in [4.69, 9.17) is 9.47 Å². The van der Waals surface area contributed by atoms with Gasteiger partial charge in [0, 0.05) is 6.42 Å². The number of carbonyl (C=O) groups excluding carboxylic acids is 1. The van der Waals surface area contributed by atoms with E-state index in [0.717, 1.165) is 25.0 Å². The van der Waals surface area contributed by atoms with Gasteiger partial charge in [0.15, 0.2) is 0 Å². The van der Waals surface area contributed by atoms with Crippen LogP contribution in [0.3, 0.4) is 0 Å². The number of benzene rings is 1. The van der Waals surface area contributed by atoms with Crippen molar-refractivity contribution in [3.8, 4) is 5.75 Å². The van der Waals surface area contributed by atoms with Gasteiger partial charge in [-0.05, 0) is 56.4 Å². The number of methoxy groups -OCH3 is 1. The quantitative estimate of drug-likeness (QED) is 0.848. The van der Waals surface area contributed by atoms with Crippen LogP contribution in [0.4, 0.5) is 0 Å². The standard InChI is InChI=1S/C17H24O4/c1-12-9-14(20-3)8-7-13(12)5-4-6-15-10-17(2,19)11-16(18)21-15/h7-9,15,19H,4-6,10-11H2,1-3H3. The van der Waals surface area contributed by atoms with E-state index in [9.17, 15) is 9.90 Å². The first-order valence-electron chi connectivity index (χ1n) is 7.45. The maximum absolute atomic E-state index is 11.5. The number of aryl methyl sites for hydroxylation is 2. The highest BCUT2D eigenvalue weighted by Gasteiger charge is 2.35. The molecule has 4 heteroatoms. The minimum Gasteiger partial charge on any atom is -0.497 e. The molecule has 0 aromatic heterocycles. The molecule has 1 aromatic rings. The van der Waals surface area contributed by atoms with Gasteiger partial charge >= 0.3 is 5.97 Å². The summed E-state index contributed by atoms with van der Waals surface area (Å²) in [7, 11) is 1.66. The van der Waals surface area contributed by atoms with Crippen LogP contribution >= 0.6 is 0 Å². The fourth-order valence-corrected chi connectivity index (χ4v) is 2.90. The first-order valence-corrected chi connectivity index (χ1v) is 7.45. The van der Waals surface area contributed by atoms with E-state index in [0.29, 0.717) is 6.42 Å². The molecule has 0 bridgehead atoms. The Morgan fingerprint density at radius 3 is 2.86 bits per heavy atom. The van der Waals surface area contributed by atoms with Crippen LogP contribution < -0.4 is 4.74 Å². The maximum atomic E-state index is 11.5. The van der Waals surface area contributed by atoms with Crippen molar-refractivity contribution >= 4 is 5.97 Å². The second kappa shape index (κ2) is 6.48. The molecule has 0 aliphatic carbocycles. The Balaban J connectivity index is 1.85. The molecule has 1 saturated heterocycles. The van der Waals surface area contributed by atoms with Gasteiger partial charge in [0.25, 0.3) is 0 Å². The Morgan fingerprint density at radius 1 is 1.48 bits per heavy atom. The summed E-state index contributed by atoms with van der Waals surface area (Å²) in [5.41, 5.74) is 1.57. The topological polar surface area (TPSA) is 55.8 Å². The predicted molar refractivity (Wildman–Crippen MR) is 80.4 cm³/mol. The SMILES string of the molecule is COc1ccc(CCCC2CC(C)(O)CC(=O)O2)c(C)c1. The first-order chi connectivity index (χ1) is 9.89. The molecular weight excluding hydrogens is 268 g/mol. The molecule has 1 heterocycles. The molecule has 4 nitrogen and oxygen atoms in total. The van der Waals surface area contributed by atoms with E-state index in [1.54, 1.807) is 14.0 Å². The largest absolute Gasteiger partial charge is 0.497 e. The zero-order valence-corrected chi connectivity index (χ0v) is 13.0. The molecular formula is C17H24O4. The second-order valence-electron chi connectivity index (χ2n) is 6.17. The van der Waals surface area contributed by atoms with Crippen LogP contribution in [0.25, 0.3) is 0 Å². The second-order valence-corrected chi connectivity index (χ2v) is 6.17. The summed E-state index contributed by atoms with van der Waals surface area (Å²) in [5.74, 6) is 0.574. The van der Waals surface area contributed by atoms with Crippen molar-refractivity contribution in [2.75, 3.05) is 7.11 Å². The van der Waals surface area contributed by atoms with Crippen molar-refractivity contribution in [1.82, 2.24) is 0 Å². The molecule has 2 rings (SSSR count). The summed E-state index contributed by atoms with van der Waals surface area (Å²) in [6.07, 6.45) is 3.11. The number of hydrogen-bond acceptors (Lipinski definition) is 4. The molecule has 1 aliphatic rings. The highest BCUT2D eigenvalue weighted by molar-refractivity contribution is 5.71. The monoisotopic (exact) mass is 292 g/mol. The van der Waals surface area contributed by atoms with Gasteiger partial charge in [-0.15, -0.1) is 0 Å². The van der Waals surface area contributed by atoms with E-state index in [-0.39, 0.29) is 18.5 Å². The molecule has 1 aromatic carbocycles. The Kier molecular flexibility index (Phi) is 4.88. The van der Waals surface area contributed by atoms with Crippen molar-refractivity contribution in [1.29, 1.82) is 0 Å². The van der Waals surface area contributed by atoms with Crippen LogP contribution in [0.1, 0.15) is 43.7 Å². The summed E-state index contributed by atoms with van der Waals surface area (Å²) in [6, 6.07) is 6.08. The molecule has 0 spiro atoms. The Morgan fingerprint density at radius 2 is 2.24 bits per heavy atom. The third-order valence-electron chi connectivity index (χ3n) is 4.01. The molecule has 21 heavy (non-hydrogen) atoms. The minimum atomic E-state index is -0.921. The summed E-state index contributed by atoms with van der Waals surface area (Å²) >= 11 is 0. The van der Waals surface area contributed by atoms with Gasteiger partial charge in [-0.25, -0.2) is 0 Å². The van der Waals surface area contributed by atoms with Crippen molar-refractivity contribution in [3.63, 3.8) is 0 Å². The lowest BCUT2D eigenvalue weighted by Gasteiger charge is -2.33. The predicted octanol–water partition coefficient (Wildman–Crippen LogP) is 2.78. The maximum Gasteiger partial charge on any atom is 0.308 e. The highest BCUT2D eigenvalue weighted by Crippen LogP contribution is 2.28. The number of aliphatic hydroxyl groups is 1. The lowest BCUT2D eigenvalue weighted by atomic mass is 9.89.